The van der Waals surface area contributed by atoms with Crippen LogP contribution in [0.25, 0.3) is 0 Å². The molecule has 0 saturated carbocycles. The molecule has 1 rings (SSSR count). The molecule has 3 nitrogen and oxygen atoms in total. The maximum atomic E-state index is 5.66. The molecular formula is C17H29O3P. The van der Waals surface area contributed by atoms with Crippen LogP contribution in [0.1, 0.15) is 41.5 Å². The van der Waals surface area contributed by atoms with E-state index in [1.807, 2.05) is 12.1 Å². The number of ether oxygens (including phenoxy) is 3. The zero-order valence-corrected chi connectivity index (χ0v) is 15.7. The molecule has 0 radical (unpaired) electrons. The Morgan fingerprint density at radius 1 is 0.714 bits per heavy atom. The largest absolute Gasteiger partial charge is 0.496 e. The van der Waals surface area contributed by atoms with Crippen molar-refractivity contribution in [2.45, 2.75) is 51.9 Å². The van der Waals surface area contributed by atoms with Gasteiger partial charge in [-0.1, -0.05) is 49.5 Å². The fraction of sp³-hybridized carbons (Fsp3) is 0.647. The third kappa shape index (κ3) is 4.03. The van der Waals surface area contributed by atoms with Crippen molar-refractivity contribution in [3.8, 4) is 17.2 Å². The number of hydrogen-bond donors (Lipinski definition) is 0. The van der Waals surface area contributed by atoms with Gasteiger partial charge in [-0.05, 0) is 10.3 Å². The average molecular weight is 312 g/mol. The summed E-state index contributed by atoms with van der Waals surface area (Å²) in [5.74, 6) is 2.45. The summed E-state index contributed by atoms with van der Waals surface area (Å²) >= 11 is 0. The van der Waals surface area contributed by atoms with E-state index < -0.39 is 7.92 Å². The van der Waals surface area contributed by atoms with E-state index in [2.05, 4.69) is 41.5 Å². The first kappa shape index (κ1) is 18.1. The molecule has 0 aliphatic rings. The van der Waals surface area contributed by atoms with E-state index in [4.69, 9.17) is 14.2 Å². The van der Waals surface area contributed by atoms with Gasteiger partial charge in [0.15, 0.2) is 0 Å². The van der Waals surface area contributed by atoms with Gasteiger partial charge in [0.2, 0.25) is 0 Å². The number of hydrogen-bond acceptors (Lipinski definition) is 3. The maximum Gasteiger partial charge on any atom is 0.133 e. The van der Waals surface area contributed by atoms with Crippen LogP contribution < -0.4 is 19.5 Å². The van der Waals surface area contributed by atoms with E-state index in [-0.39, 0.29) is 10.3 Å². The Balaban J connectivity index is 3.64. The Hall–Kier alpha value is -0.950. The molecule has 0 aliphatic heterocycles. The lowest BCUT2D eigenvalue weighted by molar-refractivity contribution is 0.379. The highest BCUT2D eigenvalue weighted by Crippen LogP contribution is 2.61. The highest BCUT2D eigenvalue weighted by Gasteiger charge is 2.39. The molecule has 0 bridgehead atoms. The Kier molecular flexibility index (Phi) is 5.55. The average Bonchev–Trinajstić information content (AvgIpc) is 2.35. The van der Waals surface area contributed by atoms with Crippen LogP contribution in [0, 0.1) is 0 Å². The van der Waals surface area contributed by atoms with Crippen molar-refractivity contribution in [1.29, 1.82) is 0 Å². The standard InChI is InChI=1S/C17H29O3P/c1-16(2,3)21(17(4,5)6)15-13(19-8)10-12(18-7)11-14(15)20-9/h10-11H,1-9H3. The molecule has 4 heteroatoms. The van der Waals surface area contributed by atoms with Crippen molar-refractivity contribution < 1.29 is 14.2 Å². The van der Waals surface area contributed by atoms with Crippen molar-refractivity contribution in [3.63, 3.8) is 0 Å². The molecule has 0 atom stereocenters. The molecule has 1 aromatic carbocycles. The van der Waals surface area contributed by atoms with Gasteiger partial charge in [-0.15, -0.1) is 0 Å². The van der Waals surface area contributed by atoms with E-state index in [0.29, 0.717) is 0 Å². The van der Waals surface area contributed by atoms with E-state index in [1.54, 1.807) is 21.3 Å². The van der Waals surface area contributed by atoms with Crippen LogP contribution in [-0.2, 0) is 0 Å². The second-order valence-corrected chi connectivity index (χ2v) is 10.9. The summed E-state index contributed by atoms with van der Waals surface area (Å²) in [6, 6.07) is 3.90. The molecule has 120 valence electrons. The minimum absolute atomic E-state index is 0.142. The zero-order valence-electron chi connectivity index (χ0n) is 14.8. The van der Waals surface area contributed by atoms with Gasteiger partial charge < -0.3 is 14.2 Å². The Morgan fingerprint density at radius 3 is 1.33 bits per heavy atom. The molecule has 0 aromatic heterocycles. The van der Waals surface area contributed by atoms with E-state index in [1.165, 1.54) is 5.30 Å². The third-order valence-electron chi connectivity index (χ3n) is 3.25. The minimum Gasteiger partial charge on any atom is -0.496 e. The molecule has 0 saturated heterocycles. The normalized spacial score (nSPS) is 12.5. The SMILES string of the molecule is COc1cc(OC)c(P(C(C)(C)C)C(C)(C)C)c(OC)c1. The molecule has 0 amide bonds. The smallest absolute Gasteiger partial charge is 0.133 e. The van der Waals surface area contributed by atoms with Crippen LogP contribution in [0.15, 0.2) is 12.1 Å². The molecule has 0 spiro atoms. The van der Waals surface area contributed by atoms with Crippen LogP contribution in [0.3, 0.4) is 0 Å². The number of methoxy groups -OCH3 is 3. The van der Waals surface area contributed by atoms with Crippen LogP contribution in [-0.4, -0.2) is 31.6 Å². The molecule has 0 N–H and O–H groups in total. The van der Waals surface area contributed by atoms with E-state index in [9.17, 15) is 0 Å². The van der Waals surface area contributed by atoms with Crippen LogP contribution >= 0.6 is 7.92 Å². The Morgan fingerprint density at radius 2 is 1.10 bits per heavy atom. The van der Waals surface area contributed by atoms with Crippen LogP contribution in [0.4, 0.5) is 0 Å². The maximum absolute atomic E-state index is 5.66. The van der Waals surface area contributed by atoms with Crippen molar-refractivity contribution >= 4 is 13.2 Å². The predicted octanol–water partition coefficient (Wildman–Crippen LogP) is 4.42. The van der Waals surface area contributed by atoms with Crippen LogP contribution in [0.2, 0.25) is 0 Å². The number of benzene rings is 1. The summed E-state index contributed by atoms with van der Waals surface area (Å²) < 4.78 is 16.7. The molecule has 1 aromatic rings. The fourth-order valence-electron chi connectivity index (χ4n) is 2.88. The second kappa shape index (κ2) is 6.44. The van der Waals surface area contributed by atoms with Gasteiger partial charge in [0.1, 0.15) is 17.2 Å². The minimum atomic E-state index is -0.514. The molecule has 0 fully saturated rings. The van der Waals surface area contributed by atoms with Crippen molar-refractivity contribution in [3.05, 3.63) is 12.1 Å². The third-order valence-corrected chi connectivity index (χ3v) is 6.83. The summed E-state index contributed by atoms with van der Waals surface area (Å²) in [6.45, 7) is 13.7. The van der Waals surface area contributed by atoms with Gasteiger partial charge in [-0.25, -0.2) is 0 Å². The second-order valence-electron chi connectivity index (χ2n) is 7.06. The van der Waals surface area contributed by atoms with Crippen molar-refractivity contribution in [1.82, 2.24) is 0 Å². The first-order valence-corrected chi connectivity index (χ1v) is 8.50. The van der Waals surface area contributed by atoms with Gasteiger partial charge in [0, 0.05) is 12.1 Å². The summed E-state index contributed by atoms with van der Waals surface area (Å²) in [4.78, 5) is 0. The monoisotopic (exact) mass is 312 g/mol. The topological polar surface area (TPSA) is 27.7 Å². The lowest BCUT2D eigenvalue weighted by atomic mass is 10.2. The fourth-order valence-corrected chi connectivity index (χ4v) is 6.99. The van der Waals surface area contributed by atoms with Gasteiger partial charge >= 0.3 is 0 Å². The van der Waals surface area contributed by atoms with E-state index in [0.717, 1.165) is 17.2 Å². The van der Waals surface area contributed by atoms with Crippen molar-refractivity contribution in [2.75, 3.05) is 21.3 Å². The molecular weight excluding hydrogens is 283 g/mol. The highest BCUT2D eigenvalue weighted by atomic mass is 31.1. The lowest BCUT2D eigenvalue weighted by Crippen LogP contribution is -2.32. The first-order chi connectivity index (χ1) is 9.56. The highest BCUT2D eigenvalue weighted by molar-refractivity contribution is 7.69. The zero-order chi connectivity index (χ0) is 16.4. The lowest BCUT2D eigenvalue weighted by Gasteiger charge is -2.42. The van der Waals surface area contributed by atoms with Gasteiger partial charge in [-0.3, -0.25) is 0 Å². The Labute approximate surface area is 130 Å². The molecule has 0 heterocycles. The summed E-state index contributed by atoms with van der Waals surface area (Å²) in [7, 11) is 4.55. The first-order valence-electron chi connectivity index (χ1n) is 7.16. The predicted molar refractivity (Wildman–Crippen MR) is 92.2 cm³/mol. The molecule has 0 unspecified atom stereocenters. The summed E-state index contributed by atoms with van der Waals surface area (Å²) in [6.07, 6.45) is 0. The number of rotatable bonds is 4. The molecule has 21 heavy (non-hydrogen) atoms. The summed E-state index contributed by atoms with van der Waals surface area (Å²) in [5.41, 5.74) is 0. The Bertz CT molecular complexity index is 445. The molecule has 0 aliphatic carbocycles. The van der Waals surface area contributed by atoms with E-state index >= 15 is 0 Å². The summed E-state index contributed by atoms with van der Waals surface area (Å²) in [5, 5.41) is 1.46. The van der Waals surface area contributed by atoms with Gasteiger partial charge in [-0.2, -0.15) is 0 Å². The van der Waals surface area contributed by atoms with Gasteiger partial charge in [0.25, 0.3) is 0 Å². The quantitative estimate of drug-likeness (QED) is 0.770. The van der Waals surface area contributed by atoms with Crippen molar-refractivity contribution in [2.24, 2.45) is 0 Å². The van der Waals surface area contributed by atoms with Gasteiger partial charge in [0.05, 0.1) is 26.6 Å². The van der Waals surface area contributed by atoms with Crippen LogP contribution in [0.5, 0.6) is 17.2 Å².